The topological polar surface area (TPSA) is 67.4 Å². The molecule has 0 spiro atoms. The van der Waals surface area contributed by atoms with Crippen LogP contribution in [0, 0.1) is 5.82 Å². The predicted molar refractivity (Wildman–Crippen MR) is 87.2 cm³/mol. The molecule has 5 nitrogen and oxygen atoms in total. The Bertz CT molecular complexity index is 672. The first-order valence-corrected chi connectivity index (χ1v) is 8.28. The lowest BCUT2D eigenvalue weighted by Gasteiger charge is -2.08. The van der Waals surface area contributed by atoms with Gasteiger partial charge in [0.05, 0.1) is 8.66 Å². The largest absolute Gasteiger partial charge is 0.484 e. The molecule has 2 aromatic rings. The molecular weight excluding hydrogens is 443 g/mol. The Morgan fingerprint density at radius 1 is 1.18 bits per heavy atom. The fourth-order valence-electron chi connectivity index (χ4n) is 1.36. The minimum Gasteiger partial charge on any atom is -0.484 e. The first-order valence-electron chi connectivity index (χ1n) is 5.88. The number of hydrogen-bond donors (Lipinski definition) is 2. The Kier molecular flexibility index (Phi) is 5.92. The van der Waals surface area contributed by atoms with Crippen molar-refractivity contribution >= 4 is 55.0 Å². The summed E-state index contributed by atoms with van der Waals surface area (Å²) in [7, 11) is 0. The lowest BCUT2D eigenvalue weighted by atomic mass is 10.3. The van der Waals surface area contributed by atoms with Gasteiger partial charge in [-0.2, -0.15) is 0 Å². The van der Waals surface area contributed by atoms with Gasteiger partial charge in [-0.15, -0.1) is 11.3 Å². The average molecular weight is 452 g/mol. The van der Waals surface area contributed by atoms with Crippen LogP contribution in [0.5, 0.6) is 5.75 Å². The summed E-state index contributed by atoms with van der Waals surface area (Å²) >= 11 is 7.77. The van der Waals surface area contributed by atoms with Gasteiger partial charge in [0.2, 0.25) is 0 Å². The summed E-state index contributed by atoms with van der Waals surface area (Å²) in [5.74, 6) is -1.01. The van der Waals surface area contributed by atoms with Gasteiger partial charge in [-0.25, -0.2) is 4.39 Å². The molecule has 2 rings (SSSR count). The normalized spacial score (nSPS) is 10.1. The summed E-state index contributed by atoms with van der Waals surface area (Å²) in [4.78, 5) is 23.8. The number of hydrogen-bond acceptors (Lipinski definition) is 4. The van der Waals surface area contributed by atoms with Crippen LogP contribution in [0.4, 0.5) is 4.39 Å². The van der Waals surface area contributed by atoms with E-state index in [-0.39, 0.29) is 6.61 Å². The van der Waals surface area contributed by atoms with E-state index < -0.39 is 17.6 Å². The van der Waals surface area contributed by atoms with E-state index in [1.54, 1.807) is 6.07 Å². The van der Waals surface area contributed by atoms with Gasteiger partial charge >= 0.3 is 0 Å². The number of nitrogens with one attached hydrogen (secondary N) is 2. The van der Waals surface area contributed by atoms with Crippen molar-refractivity contribution in [2.45, 2.75) is 0 Å². The van der Waals surface area contributed by atoms with Crippen molar-refractivity contribution in [2.24, 2.45) is 0 Å². The molecule has 9 heteroatoms. The molecule has 1 aromatic carbocycles. The zero-order chi connectivity index (χ0) is 16.1. The number of thiophene rings is 1. The van der Waals surface area contributed by atoms with Gasteiger partial charge in [-0.3, -0.25) is 20.4 Å². The Hall–Kier alpha value is -1.45. The van der Waals surface area contributed by atoms with E-state index in [4.69, 9.17) is 4.74 Å². The quantitative estimate of drug-likeness (QED) is 0.701. The van der Waals surface area contributed by atoms with Gasteiger partial charge < -0.3 is 4.74 Å². The Balaban J connectivity index is 1.77. The molecule has 1 heterocycles. The number of carbonyl (C=O) groups is 2. The van der Waals surface area contributed by atoms with Crippen LogP contribution in [0.2, 0.25) is 0 Å². The number of carbonyl (C=O) groups excluding carboxylic acids is 2. The summed E-state index contributed by atoms with van der Waals surface area (Å²) in [6, 6.07) is 6.89. The SMILES string of the molecule is O=C(COc1ccc(F)cc1)NNC(=O)c1cc(Br)c(Br)s1. The van der Waals surface area contributed by atoms with E-state index in [0.717, 1.165) is 8.26 Å². The molecule has 0 aliphatic carbocycles. The number of ether oxygens (including phenoxy) is 1. The minimum atomic E-state index is -0.535. The van der Waals surface area contributed by atoms with E-state index in [9.17, 15) is 14.0 Å². The highest BCUT2D eigenvalue weighted by atomic mass is 79.9. The zero-order valence-electron chi connectivity index (χ0n) is 10.9. The maximum absolute atomic E-state index is 12.7. The van der Waals surface area contributed by atoms with E-state index in [1.165, 1.54) is 35.6 Å². The molecular formula is C13H9Br2FN2O3S. The number of hydrazine groups is 1. The molecule has 2 amide bonds. The van der Waals surface area contributed by atoms with Crippen LogP contribution in [-0.2, 0) is 4.79 Å². The van der Waals surface area contributed by atoms with Gasteiger partial charge in [-0.1, -0.05) is 0 Å². The van der Waals surface area contributed by atoms with Crippen LogP contribution in [0.1, 0.15) is 9.67 Å². The molecule has 0 aliphatic heterocycles. The predicted octanol–water partition coefficient (Wildman–Crippen LogP) is 3.25. The van der Waals surface area contributed by atoms with Crippen LogP contribution in [0.25, 0.3) is 0 Å². The summed E-state index contributed by atoms with van der Waals surface area (Å²) < 4.78 is 19.4. The van der Waals surface area contributed by atoms with Crippen molar-refractivity contribution < 1.29 is 18.7 Å². The molecule has 0 atom stereocenters. The summed E-state index contributed by atoms with van der Waals surface area (Å²) in [5.41, 5.74) is 4.50. The highest BCUT2D eigenvalue weighted by Gasteiger charge is 2.12. The molecule has 1 aromatic heterocycles. The van der Waals surface area contributed by atoms with E-state index >= 15 is 0 Å². The van der Waals surface area contributed by atoms with Gasteiger partial charge in [0.25, 0.3) is 11.8 Å². The Labute approximate surface area is 146 Å². The minimum absolute atomic E-state index is 0.302. The number of benzene rings is 1. The molecule has 0 aliphatic rings. The highest BCUT2D eigenvalue weighted by Crippen LogP contribution is 2.32. The summed E-state index contributed by atoms with van der Waals surface area (Å²) in [6.45, 7) is -0.302. The summed E-state index contributed by atoms with van der Waals surface area (Å²) in [6.07, 6.45) is 0. The van der Waals surface area contributed by atoms with Crippen LogP contribution in [-0.4, -0.2) is 18.4 Å². The first kappa shape index (κ1) is 16.9. The van der Waals surface area contributed by atoms with E-state index in [2.05, 4.69) is 42.7 Å². The van der Waals surface area contributed by atoms with Gasteiger partial charge in [0.15, 0.2) is 6.61 Å². The molecule has 0 saturated carbocycles. The maximum Gasteiger partial charge on any atom is 0.279 e. The van der Waals surface area contributed by atoms with Crippen LogP contribution >= 0.6 is 43.2 Å². The third-order valence-electron chi connectivity index (χ3n) is 2.37. The van der Waals surface area contributed by atoms with Crippen LogP contribution < -0.4 is 15.6 Å². The average Bonchev–Trinajstić information content (AvgIpc) is 2.84. The Morgan fingerprint density at radius 2 is 1.86 bits per heavy atom. The maximum atomic E-state index is 12.7. The van der Waals surface area contributed by atoms with Crippen molar-refractivity contribution in [2.75, 3.05) is 6.61 Å². The summed E-state index contributed by atoms with van der Waals surface area (Å²) in [5, 5.41) is 0. The smallest absolute Gasteiger partial charge is 0.279 e. The van der Waals surface area contributed by atoms with Crippen molar-refractivity contribution in [1.82, 2.24) is 10.9 Å². The van der Waals surface area contributed by atoms with Crippen molar-refractivity contribution in [3.05, 3.63) is 49.3 Å². The molecule has 0 fully saturated rings. The van der Waals surface area contributed by atoms with Gasteiger partial charge in [0.1, 0.15) is 11.6 Å². The fourth-order valence-corrected chi connectivity index (χ4v) is 3.29. The van der Waals surface area contributed by atoms with Crippen molar-refractivity contribution in [1.29, 1.82) is 0 Å². The third-order valence-corrected chi connectivity index (χ3v) is 5.62. The molecule has 0 saturated heterocycles. The number of rotatable bonds is 4. The van der Waals surface area contributed by atoms with Crippen molar-refractivity contribution in [3.63, 3.8) is 0 Å². The van der Waals surface area contributed by atoms with E-state index in [1.807, 2.05) is 0 Å². The zero-order valence-corrected chi connectivity index (χ0v) is 14.8. The lowest BCUT2D eigenvalue weighted by molar-refractivity contribution is -0.123. The number of halogens is 3. The molecule has 116 valence electrons. The lowest BCUT2D eigenvalue weighted by Crippen LogP contribution is -2.43. The monoisotopic (exact) mass is 450 g/mol. The standard InChI is InChI=1S/C13H9Br2FN2O3S/c14-9-5-10(22-12(9)15)13(20)18-17-11(19)6-21-8-3-1-7(16)2-4-8/h1-5H,6H2,(H,17,19)(H,18,20). The second-order valence-electron chi connectivity index (χ2n) is 3.98. The van der Waals surface area contributed by atoms with Gasteiger partial charge in [0, 0.05) is 4.47 Å². The van der Waals surface area contributed by atoms with E-state index in [0.29, 0.717) is 10.6 Å². The Morgan fingerprint density at radius 3 is 2.45 bits per heavy atom. The number of amides is 2. The van der Waals surface area contributed by atoms with Crippen LogP contribution in [0.3, 0.4) is 0 Å². The fraction of sp³-hybridized carbons (Fsp3) is 0.0769. The van der Waals surface area contributed by atoms with Gasteiger partial charge in [-0.05, 0) is 62.2 Å². The molecule has 0 bridgehead atoms. The highest BCUT2D eigenvalue weighted by molar-refractivity contribution is 9.13. The van der Waals surface area contributed by atoms with Crippen LogP contribution in [0.15, 0.2) is 38.6 Å². The molecule has 2 N–H and O–H groups in total. The third kappa shape index (κ3) is 4.79. The molecule has 22 heavy (non-hydrogen) atoms. The molecule has 0 unspecified atom stereocenters. The second-order valence-corrected chi connectivity index (χ2v) is 7.20. The van der Waals surface area contributed by atoms with Crippen molar-refractivity contribution in [3.8, 4) is 5.75 Å². The molecule has 0 radical (unpaired) electrons. The second kappa shape index (κ2) is 7.70. The first-order chi connectivity index (χ1) is 10.5.